The van der Waals surface area contributed by atoms with Crippen molar-refractivity contribution >= 4 is 34.8 Å². The van der Waals surface area contributed by atoms with E-state index in [2.05, 4.69) is 5.16 Å². The summed E-state index contributed by atoms with van der Waals surface area (Å²) in [5.74, 6) is -0.273. The van der Waals surface area contributed by atoms with Gasteiger partial charge in [0.1, 0.15) is 0 Å². The van der Waals surface area contributed by atoms with Gasteiger partial charge >= 0.3 is 5.97 Å². The van der Waals surface area contributed by atoms with E-state index < -0.39 is 12.6 Å². The van der Waals surface area contributed by atoms with Gasteiger partial charge in [-0.1, -0.05) is 5.16 Å². The van der Waals surface area contributed by atoms with Gasteiger partial charge in [0.15, 0.2) is 18.1 Å². The van der Waals surface area contributed by atoms with Crippen LogP contribution in [0.5, 0.6) is 11.5 Å². The van der Waals surface area contributed by atoms with E-state index in [0.717, 1.165) is 0 Å². The zero-order valence-electron chi connectivity index (χ0n) is 9.59. The molecule has 0 fully saturated rings. The van der Waals surface area contributed by atoms with Crippen LogP contribution < -0.4 is 9.47 Å². The molecule has 0 heterocycles. The highest BCUT2D eigenvalue weighted by Gasteiger charge is 2.13. The fraction of sp³-hybridized carbons (Fsp3) is 0.273. The largest absolute Gasteiger partial charge is 0.490 e. The molecule has 0 bridgehead atoms. The summed E-state index contributed by atoms with van der Waals surface area (Å²) in [4.78, 5) is 10.5. The predicted octanol–water partition coefficient (Wildman–Crippen LogP) is 1.96. The Kier molecular flexibility index (Phi) is 5.69. The van der Waals surface area contributed by atoms with Gasteiger partial charge in [0, 0.05) is 5.56 Å². The number of aliphatic carboxylic acids is 1. The highest BCUT2D eigenvalue weighted by Crippen LogP contribution is 2.33. The summed E-state index contributed by atoms with van der Waals surface area (Å²) < 4.78 is 11.2. The first-order chi connectivity index (χ1) is 8.58. The Morgan fingerprint density at radius 3 is 2.78 bits per heavy atom. The molecule has 1 aromatic rings. The lowest BCUT2D eigenvalue weighted by Crippen LogP contribution is -2.11. The van der Waals surface area contributed by atoms with Crippen LogP contribution in [0.3, 0.4) is 0 Å². The lowest BCUT2D eigenvalue weighted by Gasteiger charge is -2.13. The number of halogens is 1. The van der Waals surface area contributed by atoms with Crippen molar-refractivity contribution in [3.05, 3.63) is 21.3 Å². The predicted molar refractivity (Wildman–Crippen MR) is 72.8 cm³/mol. The Labute approximate surface area is 117 Å². The number of carboxylic acid groups (broad SMARTS) is 1. The first-order valence-corrected chi connectivity index (χ1v) is 6.14. The van der Waals surface area contributed by atoms with Crippen molar-refractivity contribution in [2.45, 2.75) is 6.92 Å². The Hall–Kier alpha value is -1.51. The number of carbonyl (C=O) groups is 1. The third-order valence-corrected chi connectivity index (χ3v) is 2.68. The molecule has 0 amide bonds. The summed E-state index contributed by atoms with van der Waals surface area (Å²) in [6, 6.07) is 3.31. The van der Waals surface area contributed by atoms with E-state index in [1.807, 2.05) is 22.6 Å². The fourth-order valence-corrected chi connectivity index (χ4v) is 2.05. The first kappa shape index (κ1) is 14.6. The molecule has 0 saturated carbocycles. The molecule has 18 heavy (non-hydrogen) atoms. The van der Waals surface area contributed by atoms with Crippen molar-refractivity contribution in [2.75, 3.05) is 13.2 Å². The number of hydrogen-bond donors (Lipinski definition) is 2. The minimum absolute atomic E-state index is 0.370. The summed E-state index contributed by atoms with van der Waals surface area (Å²) in [5.41, 5.74) is 0.632. The van der Waals surface area contributed by atoms with Crippen molar-refractivity contribution in [1.82, 2.24) is 0 Å². The van der Waals surface area contributed by atoms with Gasteiger partial charge < -0.3 is 19.8 Å². The van der Waals surface area contributed by atoms with Gasteiger partial charge in [0.25, 0.3) is 0 Å². The second-order valence-electron chi connectivity index (χ2n) is 3.19. The van der Waals surface area contributed by atoms with Crippen LogP contribution in [0.2, 0.25) is 0 Å². The molecule has 1 rings (SSSR count). The maximum Gasteiger partial charge on any atom is 0.341 e. The molecule has 0 unspecified atom stereocenters. The molecule has 0 aliphatic carbocycles. The van der Waals surface area contributed by atoms with Crippen molar-refractivity contribution < 1.29 is 24.6 Å². The average molecular weight is 365 g/mol. The highest BCUT2D eigenvalue weighted by atomic mass is 127. The molecule has 0 radical (unpaired) electrons. The van der Waals surface area contributed by atoms with Crippen LogP contribution in [-0.2, 0) is 4.79 Å². The van der Waals surface area contributed by atoms with E-state index in [0.29, 0.717) is 27.2 Å². The fourth-order valence-electron chi connectivity index (χ4n) is 1.27. The Morgan fingerprint density at radius 2 is 2.22 bits per heavy atom. The van der Waals surface area contributed by atoms with Crippen molar-refractivity contribution in [1.29, 1.82) is 0 Å². The third kappa shape index (κ3) is 4.06. The Bertz CT molecular complexity index is 461. The van der Waals surface area contributed by atoms with Crippen LogP contribution in [0.1, 0.15) is 12.5 Å². The van der Waals surface area contributed by atoms with E-state index in [9.17, 15) is 4.79 Å². The molecule has 0 atom stereocenters. The highest BCUT2D eigenvalue weighted by molar-refractivity contribution is 14.1. The Morgan fingerprint density at radius 1 is 1.50 bits per heavy atom. The van der Waals surface area contributed by atoms with Gasteiger partial charge in [-0.15, -0.1) is 0 Å². The quantitative estimate of drug-likeness (QED) is 0.348. The number of hydrogen-bond acceptors (Lipinski definition) is 5. The molecule has 0 saturated heterocycles. The molecule has 2 N–H and O–H groups in total. The second-order valence-corrected chi connectivity index (χ2v) is 4.35. The van der Waals surface area contributed by atoms with Crippen molar-refractivity contribution in [3.8, 4) is 11.5 Å². The van der Waals surface area contributed by atoms with E-state index in [1.165, 1.54) is 6.21 Å². The molecule has 98 valence electrons. The topological polar surface area (TPSA) is 88.4 Å². The zero-order valence-corrected chi connectivity index (χ0v) is 11.7. The maximum absolute atomic E-state index is 10.5. The molecule has 6 nitrogen and oxygen atoms in total. The SMILES string of the molecule is CCOc1cc(/C=N\O)cc(I)c1OCC(=O)O. The minimum atomic E-state index is -1.06. The summed E-state index contributed by atoms with van der Waals surface area (Å²) in [7, 11) is 0. The van der Waals surface area contributed by atoms with Gasteiger partial charge in [-0.05, 0) is 41.6 Å². The molecule has 0 aliphatic rings. The third-order valence-electron chi connectivity index (χ3n) is 1.88. The summed E-state index contributed by atoms with van der Waals surface area (Å²) in [6.45, 7) is 1.78. The van der Waals surface area contributed by atoms with Gasteiger partial charge in [-0.2, -0.15) is 0 Å². The minimum Gasteiger partial charge on any atom is -0.490 e. The summed E-state index contributed by atoms with van der Waals surface area (Å²) in [6.07, 6.45) is 1.26. The number of benzene rings is 1. The molecule has 0 aromatic heterocycles. The van der Waals surface area contributed by atoms with E-state index in [-0.39, 0.29) is 0 Å². The Balaban J connectivity index is 3.09. The van der Waals surface area contributed by atoms with Crippen LogP contribution in [0.25, 0.3) is 0 Å². The van der Waals surface area contributed by atoms with Crippen LogP contribution in [0.4, 0.5) is 0 Å². The molecule has 7 heteroatoms. The van der Waals surface area contributed by atoms with Gasteiger partial charge in [0.2, 0.25) is 0 Å². The normalized spacial score (nSPS) is 10.6. The van der Waals surface area contributed by atoms with Crippen LogP contribution in [0.15, 0.2) is 17.3 Å². The lowest BCUT2D eigenvalue weighted by atomic mass is 10.2. The van der Waals surface area contributed by atoms with Crippen LogP contribution >= 0.6 is 22.6 Å². The van der Waals surface area contributed by atoms with Crippen LogP contribution in [0, 0.1) is 3.57 Å². The lowest BCUT2D eigenvalue weighted by molar-refractivity contribution is -0.139. The molecule has 0 aliphatic heterocycles. The van der Waals surface area contributed by atoms with Crippen LogP contribution in [-0.4, -0.2) is 35.7 Å². The molecular formula is C11H12INO5. The summed E-state index contributed by atoms with van der Waals surface area (Å²) in [5, 5.41) is 20.0. The van der Waals surface area contributed by atoms with Gasteiger partial charge in [0.05, 0.1) is 16.4 Å². The number of oxime groups is 1. The monoisotopic (exact) mass is 365 g/mol. The van der Waals surface area contributed by atoms with Gasteiger partial charge in [-0.3, -0.25) is 0 Å². The molecule has 0 spiro atoms. The summed E-state index contributed by atoms with van der Waals surface area (Å²) >= 11 is 2.00. The van der Waals surface area contributed by atoms with E-state index >= 15 is 0 Å². The number of nitrogens with zero attached hydrogens (tertiary/aromatic N) is 1. The number of rotatable bonds is 6. The average Bonchev–Trinajstić information content (AvgIpc) is 2.28. The number of ether oxygens (including phenoxy) is 2. The van der Waals surface area contributed by atoms with E-state index in [4.69, 9.17) is 19.8 Å². The zero-order chi connectivity index (χ0) is 13.5. The second kappa shape index (κ2) is 7.04. The maximum atomic E-state index is 10.5. The van der Waals surface area contributed by atoms with Crippen molar-refractivity contribution in [2.24, 2.45) is 5.16 Å². The standard InChI is InChI=1S/C11H12INO5/c1-2-17-9-4-7(5-13-16)3-8(12)11(9)18-6-10(14)15/h3-5,16H,2,6H2,1H3,(H,14,15)/b13-5-. The van der Waals surface area contributed by atoms with E-state index in [1.54, 1.807) is 19.1 Å². The van der Waals surface area contributed by atoms with Crippen molar-refractivity contribution in [3.63, 3.8) is 0 Å². The molecule has 1 aromatic carbocycles. The number of carboxylic acids is 1. The smallest absolute Gasteiger partial charge is 0.341 e. The molecular weight excluding hydrogens is 353 g/mol. The first-order valence-electron chi connectivity index (χ1n) is 5.06. The van der Waals surface area contributed by atoms with Gasteiger partial charge in [-0.25, -0.2) is 4.79 Å².